The van der Waals surface area contributed by atoms with Gasteiger partial charge in [0.2, 0.25) is 10.0 Å². The first-order valence-corrected chi connectivity index (χ1v) is 10.4. The summed E-state index contributed by atoms with van der Waals surface area (Å²) in [5.74, 6) is 0. The highest BCUT2D eigenvalue weighted by Crippen LogP contribution is 2.43. The SMILES string of the molecule is COC[C@H]1CCC2(CCN(Cc3cccnc3)CC2)N1S(C)(=O)=O. The molecule has 0 aliphatic carbocycles. The van der Waals surface area contributed by atoms with Gasteiger partial charge in [0.25, 0.3) is 0 Å². The van der Waals surface area contributed by atoms with Gasteiger partial charge in [-0.15, -0.1) is 0 Å². The van der Waals surface area contributed by atoms with Gasteiger partial charge in [0, 0.05) is 50.7 Å². The van der Waals surface area contributed by atoms with E-state index in [-0.39, 0.29) is 11.6 Å². The van der Waals surface area contributed by atoms with Gasteiger partial charge in [0.15, 0.2) is 0 Å². The van der Waals surface area contributed by atoms with Crippen LogP contribution in [-0.4, -0.2) is 67.2 Å². The molecule has 0 bridgehead atoms. The highest BCUT2D eigenvalue weighted by atomic mass is 32.2. The molecule has 24 heavy (non-hydrogen) atoms. The van der Waals surface area contributed by atoms with Crippen molar-refractivity contribution in [3.8, 4) is 0 Å². The molecule has 0 amide bonds. The third-order valence-electron chi connectivity index (χ3n) is 5.37. The first-order chi connectivity index (χ1) is 11.4. The van der Waals surface area contributed by atoms with Crippen LogP contribution in [0.15, 0.2) is 24.5 Å². The lowest BCUT2D eigenvalue weighted by Crippen LogP contribution is -2.56. The first-order valence-electron chi connectivity index (χ1n) is 8.54. The molecule has 1 atom stereocenters. The normalized spacial score (nSPS) is 25.3. The van der Waals surface area contributed by atoms with Crippen molar-refractivity contribution in [1.82, 2.24) is 14.2 Å². The maximum atomic E-state index is 12.4. The van der Waals surface area contributed by atoms with Gasteiger partial charge in [-0.25, -0.2) is 8.42 Å². The van der Waals surface area contributed by atoms with Gasteiger partial charge in [0.1, 0.15) is 0 Å². The summed E-state index contributed by atoms with van der Waals surface area (Å²) in [4.78, 5) is 6.56. The Balaban J connectivity index is 1.69. The van der Waals surface area contributed by atoms with Gasteiger partial charge in [-0.1, -0.05) is 6.07 Å². The average molecular weight is 353 g/mol. The van der Waals surface area contributed by atoms with Crippen LogP contribution >= 0.6 is 0 Å². The van der Waals surface area contributed by atoms with Crippen molar-refractivity contribution in [2.24, 2.45) is 0 Å². The van der Waals surface area contributed by atoms with Gasteiger partial charge in [-0.2, -0.15) is 4.31 Å². The molecule has 0 unspecified atom stereocenters. The molecule has 2 aliphatic heterocycles. The summed E-state index contributed by atoms with van der Waals surface area (Å²) in [6.45, 7) is 3.19. The summed E-state index contributed by atoms with van der Waals surface area (Å²) >= 11 is 0. The molecule has 2 fully saturated rings. The van der Waals surface area contributed by atoms with Crippen molar-refractivity contribution in [1.29, 1.82) is 0 Å². The second-order valence-corrected chi connectivity index (χ2v) is 8.93. The Morgan fingerprint density at radius 1 is 1.33 bits per heavy atom. The molecule has 2 saturated heterocycles. The topological polar surface area (TPSA) is 62.7 Å². The minimum Gasteiger partial charge on any atom is -0.383 e. The van der Waals surface area contributed by atoms with Gasteiger partial charge in [-0.3, -0.25) is 9.88 Å². The fraction of sp³-hybridized carbons (Fsp3) is 0.706. The molecule has 7 heteroatoms. The monoisotopic (exact) mass is 353 g/mol. The van der Waals surface area contributed by atoms with Crippen molar-refractivity contribution in [2.45, 2.75) is 43.8 Å². The Morgan fingerprint density at radius 2 is 2.08 bits per heavy atom. The fourth-order valence-electron chi connectivity index (χ4n) is 4.36. The molecular formula is C17H27N3O3S. The molecular weight excluding hydrogens is 326 g/mol. The number of piperidine rings is 1. The molecule has 1 aromatic heterocycles. The predicted molar refractivity (Wildman–Crippen MR) is 93.1 cm³/mol. The standard InChI is InChI=1S/C17H27N3O3S/c1-23-14-16-5-6-17(20(16)24(2,21)22)7-10-19(11-8-17)13-15-4-3-9-18-12-15/h3-4,9,12,16H,5-8,10-11,13-14H2,1-2H3/t16-/m1/s1. The van der Waals surface area contributed by atoms with Crippen LogP contribution in [0.5, 0.6) is 0 Å². The van der Waals surface area contributed by atoms with E-state index >= 15 is 0 Å². The summed E-state index contributed by atoms with van der Waals surface area (Å²) in [6, 6.07) is 4.03. The molecule has 0 aromatic carbocycles. The Labute approximate surface area is 144 Å². The zero-order valence-electron chi connectivity index (χ0n) is 14.5. The summed E-state index contributed by atoms with van der Waals surface area (Å²) < 4.78 is 31.9. The van der Waals surface area contributed by atoms with E-state index in [0.29, 0.717) is 6.61 Å². The van der Waals surface area contributed by atoms with Crippen LogP contribution in [0, 0.1) is 0 Å². The summed E-state index contributed by atoms with van der Waals surface area (Å²) in [6.07, 6.45) is 8.63. The van der Waals surface area contributed by atoms with E-state index in [1.807, 2.05) is 12.3 Å². The molecule has 1 aromatic rings. The summed E-state index contributed by atoms with van der Waals surface area (Å²) in [7, 11) is -1.59. The number of aromatic nitrogens is 1. The zero-order valence-corrected chi connectivity index (χ0v) is 15.3. The van der Waals surface area contributed by atoms with Gasteiger partial charge >= 0.3 is 0 Å². The van der Waals surface area contributed by atoms with E-state index in [1.54, 1.807) is 17.6 Å². The Kier molecular flexibility index (Phi) is 5.24. The van der Waals surface area contributed by atoms with Gasteiger partial charge < -0.3 is 4.74 Å². The van der Waals surface area contributed by atoms with Crippen molar-refractivity contribution in [3.05, 3.63) is 30.1 Å². The Hall–Kier alpha value is -1.02. The second kappa shape index (κ2) is 7.07. The number of nitrogens with zero attached hydrogens (tertiary/aromatic N) is 3. The number of pyridine rings is 1. The molecule has 3 rings (SSSR count). The molecule has 6 nitrogen and oxygen atoms in total. The van der Waals surface area contributed by atoms with Crippen LogP contribution in [0.25, 0.3) is 0 Å². The highest BCUT2D eigenvalue weighted by Gasteiger charge is 2.51. The Bertz CT molecular complexity index is 642. The number of hydrogen-bond acceptors (Lipinski definition) is 5. The quantitative estimate of drug-likeness (QED) is 0.802. The number of likely N-dealkylation sites (tertiary alicyclic amines) is 1. The van der Waals surface area contributed by atoms with E-state index < -0.39 is 10.0 Å². The molecule has 3 heterocycles. The van der Waals surface area contributed by atoms with E-state index in [2.05, 4.69) is 16.0 Å². The maximum Gasteiger partial charge on any atom is 0.212 e. The third-order valence-corrected chi connectivity index (χ3v) is 6.77. The van der Waals surface area contributed by atoms with Crippen LogP contribution in [0.1, 0.15) is 31.2 Å². The van der Waals surface area contributed by atoms with Crippen LogP contribution in [0.3, 0.4) is 0 Å². The molecule has 134 valence electrons. The second-order valence-electron chi connectivity index (χ2n) is 7.07. The van der Waals surface area contributed by atoms with Crippen molar-refractivity contribution < 1.29 is 13.2 Å². The van der Waals surface area contributed by atoms with Crippen molar-refractivity contribution in [2.75, 3.05) is 33.1 Å². The molecule has 1 spiro atoms. The molecule has 0 N–H and O–H groups in total. The van der Waals surface area contributed by atoms with E-state index in [1.165, 1.54) is 11.8 Å². The lowest BCUT2D eigenvalue weighted by molar-refractivity contribution is 0.0658. The van der Waals surface area contributed by atoms with Gasteiger partial charge in [-0.05, 0) is 37.3 Å². The number of methoxy groups -OCH3 is 1. The van der Waals surface area contributed by atoms with E-state index in [4.69, 9.17) is 4.74 Å². The minimum atomic E-state index is -3.23. The predicted octanol–water partition coefficient (Wildman–Crippen LogP) is 1.49. The van der Waals surface area contributed by atoms with Crippen LogP contribution in [0.2, 0.25) is 0 Å². The van der Waals surface area contributed by atoms with Crippen molar-refractivity contribution in [3.63, 3.8) is 0 Å². The number of sulfonamides is 1. The highest BCUT2D eigenvalue weighted by molar-refractivity contribution is 7.88. The molecule has 0 saturated carbocycles. The lowest BCUT2D eigenvalue weighted by Gasteiger charge is -2.45. The maximum absolute atomic E-state index is 12.4. The summed E-state index contributed by atoms with van der Waals surface area (Å²) in [5, 5.41) is 0. The van der Waals surface area contributed by atoms with Gasteiger partial charge in [0.05, 0.1) is 12.9 Å². The number of rotatable bonds is 5. The summed E-state index contributed by atoms with van der Waals surface area (Å²) in [5.41, 5.74) is 0.986. The van der Waals surface area contributed by atoms with E-state index in [9.17, 15) is 8.42 Å². The number of ether oxygens (including phenoxy) is 1. The van der Waals surface area contributed by atoms with Crippen LogP contribution in [0.4, 0.5) is 0 Å². The smallest absolute Gasteiger partial charge is 0.212 e. The van der Waals surface area contributed by atoms with Crippen LogP contribution < -0.4 is 0 Å². The zero-order chi connectivity index (χ0) is 17.2. The minimum absolute atomic E-state index is 0.0186. The Morgan fingerprint density at radius 3 is 2.67 bits per heavy atom. The fourth-order valence-corrected chi connectivity index (χ4v) is 6.05. The molecule has 0 radical (unpaired) electrons. The van der Waals surface area contributed by atoms with Crippen LogP contribution in [-0.2, 0) is 21.3 Å². The molecule has 2 aliphatic rings. The average Bonchev–Trinajstić information content (AvgIpc) is 2.90. The van der Waals surface area contributed by atoms with E-state index in [0.717, 1.165) is 45.3 Å². The largest absolute Gasteiger partial charge is 0.383 e. The first kappa shape index (κ1) is 17.8. The van der Waals surface area contributed by atoms with Crippen molar-refractivity contribution >= 4 is 10.0 Å². The lowest BCUT2D eigenvalue weighted by atomic mass is 9.86. The third kappa shape index (κ3) is 3.64. The number of hydrogen-bond donors (Lipinski definition) is 0.